The molecule has 0 saturated heterocycles. The summed E-state index contributed by atoms with van der Waals surface area (Å²) in [6.07, 6.45) is 1.60. The molecular weight excluding hydrogens is 272 g/mol. The Morgan fingerprint density at radius 1 is 1.24 bits per heavy atom. The van der Waals surface area contributed by atoms with Crippen LogP contribution in [0.25, 0.3) is 10.8 Å². The molecule has 1 heterocycles. The van der Waals surface area contributed by atoms with E-state index in [1.807, 2.05) is 0 Å². The first-order valence-electron chi connectivity index (χ1n) is 6.48. The minimum Gasteiger partial charge on any atom is -0.469 e. The predicted octanol–water partition coefficient (Wildman–Crippen LogP) is 0.831. The zero-order valence-corrected chi connectivity index (χ0v) is 11.9. The summed E-state index contributed by atoms with van der Waals surface area (Å²) in [7, 11) is 2.89. The highest BCUT2D eigenvalue weighted by atomic mass is 16.5. The van der Waals surface area contributed by atoms with E-state index in [4.69, 9.17) is 0 Å². The number of carbonyl (C=O) groups excluding carboxylic acids is 2. The molecule has 1 aromatic carbocycles. The molecule has 6 nitrogen and oxygen atoms in total. The molecule has 1 amide bonds. The number of nitrogens with one attached hydrogen (secondary N) is 1. The van der Waals surface area contributed by atoms with E-state index in [2.05, 4.69) is 10.1 Å². The maximum atomic E-state index is 12.2. The first-order valence-corrected chi connectivity index (χ1v) is 6.48. The first kappa shape index (κ1) is 14.8. The number of ether oxygens (including phenoxy) is 1. The SMILES string of the molecule is COC(=O)CCNC(=O)c1cn(C)c(=O)c2ccccc12. The molecule has 2 aromatic rings. The van der Waals surface area contributed by atoms with E-state index < -0.39 is 0 Å². The average molecular weight is 288 g/mol. The Bertz CT molecular complexity index is 749. The van der Waals surface area contributed by atoms with Crippen LogP contribution in [0.2, 0.25) is 0 Å². The number of nitrogens with zero attached hydrogens (tertiary/aromatic N) is 1. The van der Waals surface area contributed by atoms with Gasteiger partial charge in [-0.15, -0.1) is 0 Å². The maximum absolute atomic E-state index is 12.2. The van der Waals surface area contributed by atoms with Crippen molar-refractivity contribution in [3.63, 3.8) is 0 Å². The summed E-state index contributed by atoms with van der Waals surface area (Å²) < 4.78 is 5.88. The van der Waals surface area contributed by atoms with Crippen molar-refractivity contribution < 1.29 is 14.3 Å². The zero-order valence-electron chi connectivity index (χ0n) is 11.9. The van der Waals surface area contributed by atoms with Crippen LogP contribution in [0.4, 0.5) is 0 Å². The fourth-order valence-electron chi connectivity index (χ4n) is 2.07. The van der Waals surface area contributed by atoms with Crippen molar-refractivity contribution >= 4 is 22.6 Å². The molecular formula is C15H16N2O4. The van der Waals surface area contributed by atoms with Gasteiger partial charge in [-0.2, -0.15) is 0 Å². The molecule has 0 saturated carbocycles. The van der Waals surface area contributed by atoms with Gasteiger partial charge >= 0.3 is 5.97 Å². The third-order valence-corrected chi connectivity index (χ3v) is 3.18. The van der Waals surface area contributed by atoms with Crippen molar-refractivity contribution in [2.45, 2.75) is 6.42 Å². The number of esters is 1. The quantitative estimate of drug-likeness (QED) is 0.845. The van der Waals surface area contributed by atoms with Crippen molar-refractivity contribution in [1.82, 2.24) is 9.88 Å². The highest BCUT2D eigenvalue weighted by Crippen LogP contribution is 2.14. The molecule has 0 atom stereocenters. The second kappa shape index (κ2) is 6.21. The van der Waals surface area contributed by atoms with Crippen LogP contribution >= 0.6 is 0 Å². The van der Waals surface area contributed by atoms with Gasteiger partial charge in [0.1, 0.15) is 0 Å². The van der Waals surface area contributed by atoms with Gasteiger partial charge in [0.05, 0.1) is 19.1 Å². The summed E-state index contributed by atoms with van der Waals surface area (Å²) in [6, 6.07) is 6.94. The number of pyridine rings is 1. The molecule has 0 radical (unpaired) electrons. The Balaban J connectivity index is 2.29. The zero-order chi connectivity index (χ0) is 15.4. The number of rotatable bonds is 4. The monoisotopic (exact) mass is 288 g/mol. The number of methoxy groups -OCH3 is 1. The number of aryl methyl sites for hydroxylation is 1. The maximum Gasteiger partial charge on any atom is 0.307 e. The average Bonchev–Trinajstić information content (AvgIpc) is 2.50. The largest absolute Gasteiger partial charge is 0.469 e. The molecule has 0 aliphatic heterocycles. The predicted molar refractivity (Wildman–Crippen MR) is 78.2 cm³/mol. The fourth-order valence-corrected chi connectivity index (χ4v) is 2.07. The number of hydrogen-bond donors (Lipinski definition) is 1. The minimum absolute atomic E-state index is 0.103. The highest BCUT2D eigenvalue weighted by molar-refractivity contribution is 6.06. The van der Waals surface area contributed by atoms with Gasteiger partial charge in [0.15, 0.2) is 0 Å². The summed E-state index contributed by atoms with van der Waals surface area (Å²) in [5.41, 5.74) is 0.245. The van der Waals surface area contributed by atoms with Gasteiger partial charge in [-0.3, -0.25) is 14.4 Å². The summed E-state index contributed by atoms with van der Waals surface area (Å²) in [5.74, 6) is -0.716. The number of benzene rings is 1. The second-order valence-electron chi connectivity index (χ2n) is 4.59. The fraction of sp³-hybridized carbons (Fsp3) is 0.267. The van der Waals surface area contributed by atoms with E-state index in [1.165, 1.54) is 17.9 Å². The Hall–Kier alpha value is -2.63. The molecule has 2 rings (SSSR count). The minimum atomic E-state index is -0.388. The van der Waals surface area contributed by atoms with Gasteiger partial charge in [0, 0.05) is 30.6 Å². The summed E-state index contributed by atoms with van der Waals surface area (Å²) in [5, 5.41) is 3.73. The van der Waals surface area contributed by atoms with E-state index in [1.54, 1.807) is 31.3 Å². The molecule has 0 spiro atoms. The molecule has 0 bridgehead atoms. The molecule has 21 heavy (non-hydrogen) atoms. The molecule has 0 unspecified atom stereocenters. The van der Waals surface area contributed by atoms with Crippen LogP contribution in [0, 0.1) is 0 Å². The van der Waals surface area contributed by atoms with Crippen molar-refractivity contribution in [1.29, 1.82) is 0 Å². The number of fused-ring (bicyclic) bond motifs is 1. The normalized spacial score (nSPS) is 10.4. The van der Waals surface area contributed by atoms with Crippen LogP contribution in [0.1, 0.15) is 16.8 Å². The van der Waals surface area contributed by atoms with Crippen LogP contribution in [0.3, 0.4) is 0 Å². The third kappa shape index (κ3) is 3.10. The topological polar surface area (TPSA) is 77.4 Å². The Morgan fingerprint density at radius 2 is 1.90 bits per heavy atom. The first-order chi connectivity index (χ1) is 10.0. The lowest BCUT2D eigenvalue weighted by molar-refractivity contribution is -0.140. The van der Waals surface area contributed by atoms with E-state index in [9.17, 15) is 14.4 Å². The molecule has 0 aliphatic rings. The van der Waals surface area contributed by atoms with Gasteiger partial charge in [0.25, 0.3) is 11.5 Å². The molecule has 0 aliphatic carbocycles. The van der Waals surface area contributed by atoms with Crippen LogP contribution in [0.5, 0.6) is 0 Å². The Morgan fingerprint density at radius 3 is 2.57 bits per heavy atom. The van der Waals surface area contributed by atoms with Crippen molar-refractivity contribution in [3.05, 3.63) is 46.4 Å². The lowest BCUT2D eigenvalue weighted by atomic mass is 10.1. The van der Waals surface area contributed by atoms with Crippen molar-refractivity contribution in [3.8, 4) is 0 Å². The van der Waals surface area contributed by atoms with E-state index in [0.717, 1.165) is 0 Å². The van der Waals surface area contributed by atoms with Crippen LogP contribution in [0.15, 0.2) is 35.3 Å². The summed E-state index contributed by atoms with van der Waals surface area (Å²) in [4.78, 5) is 35.3. The molecule has 6 heteroatoms. The highest BCUT2D eigenvalue weighted by Gasteiger charge is 2.13. The molecule has 0 fully saturated rings. The van der Waals surface area contributed by atoms with Crippen LogP contribution < -0.4 is 10.9 Å². The number of carbonyl (C=O) groups is 2. The second-order valence-corrected chi connectivity index (χ2v) is 4.59. The lowest BCUT2D eigenvalue weighted by Crippen LogP contribution is -2.28. The number of hydrogen-bond acceptors (Lipinski definition) is 4. The third-order valence-electron chi connectivity index (χ3n) is 3.18. The lowest BCUT2D eigenvalue weighted by Gasteiger charge is -2.09. The van der Waals surface area contributed by atoms with E-state index in [0.29, 0.717) is 16.3 Å². The summed E-state index contributed by atoms with van der Waals surface area (Å²) >= 11 is 0. The van der Waals surface area contributed by atoms with Gasteiger partial charge in [-0.25, -0.2) is 0 Å². The van der Waals surface area contributed by atoms with Crippen LogP contribution in [-0.4, -0.2) is 30.1 Å². The van der Waals surface area contributed by atoms with E-state index in [-0.39, 0.29) is 30.4 Å². The standard InChI is InChI=1S/C15H16N2O4/c1-17-9-12(14(19)16-8-7-13(18)21-2)10-5-3-4-6-11(10)15(17)20/h3-6,9H,7-8H2,1-2H3,(H,16,19). The van der Waals surface area contributed by atoms with Crippen molar-refractivity contribution in [2.75, 3.05) is 13.7 Å². The van der Waals surface area contributed by atoms with Crippen LogP contribution in [-0.2, 0) is 16.6 Å². The molecule has 1 N–H and O–H groups in total. The Labute approximate surface area is 121 Å². The van der Waals surface area contributed by atoms with Gasteiger partial charge < -0.3 is 14.6 Å². The molecule has 1 aromatic heterocycles. The Kier molecular flexibility index (Phi) is 4.37. The molecule has 110 valence electrons. The number of aromatic nitrogens is 1. The van der Waals surface area contributed by atoms with E-state index >= 15 is 0 Å². The van der Waals surface area contributed by atoms with Gasteiger partial charge in [-0.05, 0) is 6.07 Å². The summed E-state index contributed by atoms with van der Waals surface area (Å²) in [6.45, 7) is 0.183. The smallest absolute Gasteiger partial charge is 0.307 e. The van der Waals surface area contributed by atoms with Crippen molar-refractivity contribution in [2.24, 2.45) is 7.05 Å². The van der Waals surface area contributed by atoms with Gasteiger partial charge in [-0.1, -0.05) is 18.2 Å². The number of amides is 1. The van der Waals surface area contributed by atoms with Gasteiger partial charge in [0.2, 0.25) is 0 Å².